The summed E-state index contributed by atoms with van der Waals surface area (Å²) in [5.41, 5.74) is 1.30. The number of carbonyl (C=O) groups is 2. The zero-order chi connectivity index (χ0) is 21.6. The average Bonchev–Trinajstić information content (AvgIpc) is 3.33. The molecule has 3 aliphatic rings. The molecule has 7 atom stereocenters. The number of allylic oxidation sites excluding steroid dienone is 1. The molecule has 1 saturated heterocycles. The van der Waals surface area contributed by atoms with Crippen LogP contribution in [0.1, 0.15) is 80.6 Å². The third kappa shape index (κ3) is 3.87. The van der Waals surface area contributed by atoms with Crippen molar-refractivity contribution in [2.75, 3.05) is 6.61 Å². The third-order valence-corrected chi connectivity index (χ3v) is 8.68. The van der Waals surface area contributed by atoms with Crippen molar-refractivity contribution in [3.05, 3.63) is 11.6 Å². The monoisotopic (exact) mass is 406 g/mol. The lowest BCUT2D eigenvalue weighted by Crippen LogP contribution is -2.59. The number of epoxide rings is 1. The second-order valence-corrected chi connectivity index (χ2v) is 10.3. The Bertz CT molecular complexity index is 699. The summed E-state index contributed by atoms with van der Waals surface area (Å²) in [5, 5.41) is 0. The van der Waals surface area contributed by atoms with Crippen LogP contribution in [0, 0.1) is 22.7 Å². The van der Waals surface area contributed by atoms with Gasteiger partial charge in [-0.05, 0) is 69.3 Å². The first-order valence-electron chi connectivity index (χ1n) is 11.1. The van der Waals surface area contributed by atoms with Gasteiger partial charge in [-0.25, -0.2) is 0 Å². The highest BCUT2D eigenvalue weighted by Gasteiger charge is 2.75. The number of hydrogen-bond donors (Lipinski definition) is 0. The molecule has 2 aliphatic carbocycles. The van der Waals surface area contributed by atoms with Crippen LogP contribution in [0.2, 0.25) is 0 Å². The van der Waals surface area contributed by atoms with Crippen molar-refractivity contribution in [1.82, 2.24) is 0 Å². The van der Waals surface area contributed by atoms with E-state index in [0.29, 0.717) is 18.4 Å². The Morgan fingerprint density at radius 2 is 1.83 bits per heavy atom. The fraction of sp³-hybridized carbons (Fsp3) is 0.833. The second kappa shape index (κ2) is 7.72. The molecular weight excluding hydrogens is 368 g/mol. The number of ether oxygens (including phenoxy) is 3. The minimum atomic E-state index is -0.247. The Balaban J connectivity index is 1.79. The van der Waals surface area contributed by atoms with Gasteiger partial charge in [0, 0.05) is 19.3 Å². The molecule has 0 unspecified atom stereocenters. The van der Waals surface area contributed by atoms with E-state index in [9.17, 15) is 9.59 Å². The molecule has 0 amide bonds. The van der Waals surface area contributed by atoms with E-state index in [4.69, 9.17) is 14.2 Å². The second-order valence-electron chi connectivity index (χ2n) is 10.3. The van der Waals surface area contributed by atoms with Crippen LogP contribution in [0.15, 0.2) is 11.6 Å². The molecule has 0 radical (unpaired) electrons. The summed E-state index contributed by atoms with van der Waals surface area (Å²) in [6.45, 7) is 14.8. The summed E-state index contributed by atoms with van der Waals surface area (Å²) in [4.78, 5) is 22.7. The van der Waals surface area contributed by atoms with E-state index in [1.807, 2.05) is 6.08 Å². The normalized spacial score (nSPS) is 43.8. The molecule has 0 aromatic heterocycles. The highest BCUT2D eigenvalue weighted by atomic mass is 16.6. The van der Waals surface area contributed by atoms with Gasteiger partial charge in [0.25, 0.3) is 0 Å². The first kappa shape index (κ1) is 22.3. The highest BCUT2D eigenvalue weighted by molar-refractivity contribution is 5.66. The van der Waals surface area contributed by atoms with Gasteiger partial charge in [0.15, 0.2) is 0 Å². The van der Waals surface area contributed by atoms with Crippen LogP contribution in [0.25, 0.3) is 0 Å². The lowest BCUT2D eigenvalue weighted by atomic mass is 9.44. The standard InChI is InChI=1S/C24H38O5/c1-15(10-13-27-17(3)25)8-11-22(5)16(2)9-12-23(6)20(22)14-19(28-18(4)26)21-24(23,7)29-21/h10,16,19-21H,8-9,11-14H2,1-7H3/b15-10+/t16-,19-,20-,21+,22+,23-,24+/m1/s1. The van der Waals surface area contributed by atoms with Crippen molar-refractivity contribution >= 4 is 11.9 Å². The third-order valence-electron chi connectivity index (χ3n) is 8.68. The van der Waals surface area contributed by atoms with E-state index in [-0.39, 0.29) is 40.6 Å². The molecule has 164 valence electrons. The van der Waals surface area contributed by atoms with E-state index in [1.165, 1.54) is 25.8 Å². The maximum Gasteiger partial charge on any atom is 0.302 e. The summed E-state index contributed by atoms with van der Waals surface area (Å²) in [5.74, 6) is 0.571. The molecule has 0 spiro atoms. The SMILES string of the molecule is CC(=O)OC/C=C(\C)CC[C@@]1(C)[C@H](C)CC[C@]2(C)[C@@H]1C[C@@H](OC(C)=O)[C@@H]1O[C@@]12C. The molecule has 0 aromatic rings. The smallest absolute Gasteiger partial charge is 0.302 e. The van der Waals surface area contributed by atoms with Crippen molar-refractivity contribution in [3.63, 3.8) is 0 Å². The summed E-state index contributed by atoms with van der Waals surface area (Å²) in [6.07, 6.45) is 7.21. The van der Waals surface area contributed by atoms with Gasteiger partial charge >= 0.3 is 11.9 Å². The number of rotatable bonds is 6. The number of esters is 2. The van der Waals surface area contributed by atoms with E-state index < -0.39 is 0 Å². The van der Waals surface area contributed by atoms with Gasteiger partial charge in [-0.15, -0.1) is 0 Å². The molecule has 0 bridgehead atoms. The van der Waals surface area contributed by atoms with Gasteiger partial charge in [0.05, 0.1) is 0 Å². The molecule has 3 fully saturated rings. The first-order chi connectivity index (χ1) is 13.4. The van der Waals surface area contributed by atoms with Crippen LogP contribution >= 0.6 is 0 Å². The van der Waals surface area contributed by atoms with Crippen LogP contribution in [0.5, 0.6) is 0 Å². The van der Waals surface area contributed by atoms with Crippen LogP contribution < -0.4 is 0 Å². The number of carbonyl (C=O) groups excluding carboxylic acids is 2. The van der Waals surface area contributed by atoms with E-state index in [1.54, 1.807) is 0 Å². The summed E-state index contributed by atoms with van der Waals surface area (Å²) >= 11 is 0. The maximum atomic E-state index is 11.7. The molecule has 29 heavy (non-hydrogen) atoms. The maximum absolute atomic E-state index is 11.7. The Labute approximate surface area is 175 Å². The fourth-order valence-electron chi connectivity index (χ4n) is 6.30. The van der Waals surface area contributed by atoms with Crippen LogP contribution in [-0.4, -0.2) is 36.4 Å². The lowest BCUT2D eigenvalue weighted by molar-refractivity contribution is -0.158. The van der Waals surface area contributed by atoms with Crippen LogP contribution in [0.4, 0.5) is 0 Å². The molecule has 1 heterocycles. The number of hydrogen-bond acceptors (Lipinski definition) is 5. The van der Waals surface area contributed by atoms with Gasteiger partial charge in [0.2, 0.25) is 0 Å². The highest BCUT2D eigenvalue weighted by Crippen LogP contribution is 2.70. The Morgan fingerprint density at radius 3 is 2.45 bits per heavy atom. The average molecular weight is 407 g/mol. The quantitative estimate of drug-likeness (QED) is 0.359. The topological polar surface area (TPSA) is 65.1 Å². The zero-order valence-electron chi connectivity index (χ0n) is 19.2. The first-order valence-corrected chi connectivity index (χ1v) is 11.1. The minimum Gasteiger partial charge on any atom is -0.462 e. The Morgan fingerprint density at radius 1 is 1.14 bits per heavy atom. The van der Waals surface area contributed by atoms with Crippen molar-refractivity contribution in [3.8, 4) is 0 Å². The Hall–Kier alpha value is -1.36. The molecule has 0 N–H and O–H groups in total. The van der Waals surface area contributed by atoms with Crippen LogP contribution in [0.3, 0.4) is 0 Å². The van der Waals surface area contributed by atoms with E-state index in [0.717, 1.165) is 25.7 Å². The molecule has 5 nitrogen and oxygen atoms in total. The molecule has 1 aliphatic heterocycles. The molecule has 2 saturated carbocycles. The van der Waals surface area contributed by atoms with Crippen molar-refractivity contribution in [1.29, 1.82) is 0 Å². The van der Waals surface area contributed by atoms with Crippen LogP contribution in [-0.2, 0) is 23.8 Å². The van der Waals surface area contributed by atoms with E-state index in [2.05, 4.69) is 34.6 Å². The molecule has 3 rings (SSSR count). The summed E-state index contributed by atoms with van der Waals surface area (Å²) in [6, 6.07) is 0. The fourth-order valence-corrected chi connectivity index (χ4v) is 6.30. The minimum absolute atomic E-state index is 0.0377. The van der Waals surface area contributed by atoms with Gasteiger partial charge in [-0.1, -0.05) is 26.3 Å². The predicted molar refractivity (Wildman–Crippen MR) is 111 cm³/mol. The van der Waals surface area contributed by atoms with Crippen molar-refractivity contribution in [2.45, 2.75) is 98.4 Å². The number of fused-ring (bicyclic) bond motifs is 3. The van der Waals surface area contributed by atoms with Gasteiger partial charge in [0.1, 0.15) is 24.4 Å². The molecule has 0 aromatic carbocycles. The lowest BCUT2D eigenvalue weighted by Gasteiger charge is -2.59. The largest absolute Gasteiger partial charge is 0.462 e. The molecule has 5 heteroatoms. The summed E-state index contributed by atoms with van der Waals surface area (Å²) in [7, 11) is 0. The molecular formula is C24H38O5. The predicted octanol–water partition coefficient (Wildman–Crippen LogP) is 4.83. The van der Waals surface area contributed by atoms with Gasteiger partial charge < -0.3 is 14.2 Å². The van der Waals surface area contributed by atoms with E-state index >= 15 is 0 Å². The zero-order valence-corrected chi connectivity index (χ0v) is 19.2. The van der Waals surface area contributed by atoms with Crippen molar-refractivity contribution in [2.24, 2.45) is 22.7 Å². The van der Waals surface area contributed by atoms with Crippen molar-refractivity contribution < 1.29 is 23.8 Å². The Kier molecular flexibility index (Phi) is 5.94. The summed E-state index contributed by atoms with van der Waals surface area (Å²) < 4.78 is 17.0. The van der Waals surface area contributed by atoms with Gasteiger partial charge in [-0.2, -0.15) is 0 Å². The van der Waals surface area contributed by atoms with Gasteiger partial charge in [-0.3, -0.25) is 9.59 Å².